The molecule has 2 unspecified atom stereocenters. The minimum Gasteiger partial charge on any atom is -0.480 e. The van der Waals surface area contributed by atoms with Crippen LogP contribution in [0.15, 0.2) is 42.5 Å². The number of carbonyl (C=O) groups excluding carboxylic acids is 1. The SMILES string of the molecule is N#CC(C(=O)O)C1C(=O)N(Cc2ccc(F)cc2)c2ccc(F)cc21. The van der Waals surface area contributed by atoms with Crippen molar-refractivity contribution in [2.45, 2.75) is 12.5 Å². The highest BCUT2D eigenvalue weighted by Crippen LogP contribution is 2.42. The first kappa shape index (κ1) is 16.6. The van der Waals surface area contributed by atoms with Crippen LogP contribution in [0.5, 0.6) is 0 Å². The zero-order valence-corrected chi connectivity index (χ0v) is 12.8. The van der Waals surface area contributed by atoms with Crippen LogP contribution in [0.2, 0.25) is 0 Å². The number of rotatable bonds is 4. The predicted molar refractivity (Wildman–Crippen MR) is 83.5 cm³/mol. The van der Waals surface area contributed by atoms with E-state index in [0.29, 0.717) is 11.3 Å². The third kappa shape index (κ3) is 2.94. The number of aliphatic carboxylic acids is 1. The van der Waals surface area contributed by atoms with Gasteiger partial charge >= 0.3 is 5.97 Å². The summed E-state index contributed by atoms with van der Waals surface area (Å²) in [5.74, 6) is -5.99. The van der Waals surface area contributed by atoms with Gasteiger partial charge in [-0.2, -0.15) is 5.26 Å². The van der Waals surface area contributed by atoms with Crippen LogP contribution < -0.4 is 4.90 Å². The molecule has 2 aromatic carbocycles. The lowest BCUT2D eigenvalue weighted by Crippen LogP contribution is -2.33. The summed E-state index contributed by atoms with van der Waals surface area (Å²) in [6.07, 6.45) is 0. The predicted octanol–water partition coefficient (Wildman–Crippen LogP) is 2.82. The molecule has 1 N–H and O–H groups in total. The summed E-state index contributed by atoms with van der Waals surface area (Å²) >= 11 is 0. The highest BCUT2D eigenvalue weighted by molar-refractivity contribution is 6.07. The molecule has 1 aliphatic rings. The van der Waals surface area contributed by atoms with Crippen molar-refractivity contribution < 1.29 is 23.5 Å². The van der Waals surface area contributed by atoms with E-state index in [1.54, 1.807) is 6.07 Å². The van der Waals surface area contributed by atoms with E-state index in [1.807, 2.05) is 0 Å². The van der Waals surface area contributed by atoms with Crippen molar-refractivity contribution in [2.75, 3.05) is 4.90 Å². The summed E-state index contributed by atoms with van der Waals surface area (Å²) in [7, 11) is 0. The van der Waals surface area contributed by atoms with E-state index in [1.165, 1.54) is 35.2 Å². The fourth-order valence-electron chi connectivity index (χ4n) is 2.97. The minimum atomic E-state index is -1.62. The summed E-state index contributed by atoms with van der Waals surface area (Å²) in [6.45, 7) is 0.0615. The lowest BCUT2D eigenvalue weighted by atomic mass is 9.88. The number of carboxylic acids is 1. The molecule has 0 saturated heterocycles. The molecule has 0 spiro atoms. The van der Waals surface area contributed by atoms with Crippen LogP contribution in [0.1, 0.15) is 17.0 Å². The first-order chi connectivity index (χ1) is 11.9. The van der Waals surface area contributed by atoms with Gasteiger partial charge in [0.05, 0.1) is 18.5 Å². The Morgan fingerprint density at radius 3 is 2.44 bits per heavy atom. The summed E-state index contributed by atoms with van der Waals surface area (Å²) in [4.78, 5) is 25.4. The Morgan fingerprint density at radius 2 is 1.84 bits per heavy atom. The molecular weight excluding hydrogens is 330 g/mol. The molecular formula is C18H12F2N2O3. The smallest absolute Gasteiger partial charge is 0.322 e. The molecule has 1 amide bonds. The van der Waals surface area contributed by atoms with Gasteiger partial charge in [-0.3, -0.25) is 9.59 Å². The van der Waals surface area contributed by atoms with Crippen molar-refractivity contribution >= 4 is 17.6 Å². The number of hydrogen-bond donors (Lipinski definition) is 1. The quantitative estimate of drug-likeness (QED) is 0.926. The van der Waals surface area contributed by atoms with Crippen molar-refractivity contribution in [3.63, 3.8) is 0 Å². The molecule has 3 rings (SSSR count). The summed E-state index contributed by atoms with van der Waals surface area (Å²) in [6, 6.07) is 10.7. The highest BCUT2D eigenvalue weighted by atomic mass is 19.1. The molecule has 0 aliphatic carbocycles. The number of carboxylic acid groups (broad SMARTS) is 1. The summed E-state index contributed by atoms with van der Waals surface area (Å²) < 4.78 is 26.7. The monoisotopic (exact) mass is 342 g/mol. The molecule has 2 atom stereocenters. The maximum absolute atomic E-state index is 13.6. The molecule has 0 radical (unpaired) electrons. The Hall–Kier alpha value is -3.27. The Kier molecular flexibility index (Phi) is 4.19. The first-order valence-electron chi connectivity index (χ1n) is 7.40. The summed E-state index contributed by atoms with van der Waals surface area (Å²) in [5, 5.41) is 18.4. The normalized spacial score (nSPS) is 17.1. The van der Waals surface area contributed by atoms with E-state index in [4.69, 9.17) is 5.26 Å². The van der Waals surface area contributed by atoms with Gasteiger partial charge in [0.25, 0.3) is 0 Å². The number of nitriles is 1. The van der Waals surface area contributed by atoms with Gasteiger partial charge in [-0.15, -0.1) is 0 Å². The zero-order valence-electron chi connectivity index (χ0n) is 12.8. The molecule has 5 nitrogen and oxygen atoms in total. The molecule has 25 heavy (non-hydrogen) atoms. The number of hydrogen-bond acceptors (Lipinski definition) is 3. The van der Waals surface area contributed by atoms with Crippen LogP contribution in [0, 0.1) is 28.9 Å². The van der Waals surface area contributed by atoms with E-state index in [-0.39, 0.29) is 12.1 Å². The van der Waals surface area contributed by atoms with Crippen LogP contribution in [0.3, 0.4) is 0 Å². The standard InChI is InChI=1S/C18H12F2N2O3/c19-11-3-1-10(2-4-11)9-22-15-6-5-12(20)7-13(15)16(17(22)23)14(8-21)18(24)25/h1-7,14,16H,9H2,(H,24,25). The second kappa shape index (κ2) is 6.32. The van der Waals surface area contributed by atoms with Gasteiger partial charge in [0.15, 0.2) is 5.92 Å². The molecule has 1 aliphatic heterocycles. The first-order valence-corrected chi connectivity index (χ1v) is 7.40. The molecule has 0 saturated carbocycles. The van der Waals surface area contributed by atoms with E-state index in [2.05, 4.69) is 0 Å². The number of carbonyl (C=O) groups is 2. The fourth-order valence-corrected chi connectivity index (χ4v) is 2.97. The topological polar surface area (TPSA) is 81.4 Å². The van der Waals surface area contributed by atoms with Crippen LogP contribution in [0.25, 0.3) is 0 Å². The minimum absolute atomic E-state index is 0.0615. The molecule has 0 aromatic heterocycles. The number of halogens is 2. The largest absolute Gasteiger partial charge is 0.480 e. The second-order valence-electron chi connectivity index (χ2n) is 5.68. The lowest BCUT2D eigenvalue weighted by molar-refractivity contribution is -0.142. The van der Waals surface area contributed by atoms with Gasteiger partial charge in [0.1, 0.15) is 11.6 Å². The number of fused-ring (bicyclic) bond motifs is 1. The Labute approximate surface area is 141 Å². The molecule has 126 valence electrons. The molecule has 2 aromatic rings. The van der Waals surface area contributed by atoms with E-state index < -0.39 is 35.3 Å². The van der Waals surface area contributed by atoms with Crippen LogP contribution in [0.4, 0.5) is 14.5 Å². The third-order valence-electron chi connectivity index (χ3n) is 4.14. The Bertz CT molecular complexity index is 890. The van der Waals surface area contributed by atoms with Crippen molar-refractivity contribution in [3.05, 3.63) is 65.2 Å². The Balaban J connectivity index is 2.04. The van der Waals surface area contributed by atoms with Crippen LogP contribution >= 0.6 is 0 Å². The zero-order chi connectivity index (χ0) is 18.1. The maximum atomic E-state index is 13.6. The number of anilines is 1. The van der Waals surface area contributed by atoms with Crippen molar-refractivity contribution in [1.29, 1.82) is 5.26 Å². The summed E-state index contributed by atoms with van der Waals surface area (Å²) in [5.41, 5.74) is 1.14. The van der Waals surface area contributed by atoms with Crippen molar-refractivity contribution in [2.24, 2.45) is 5.92 Å². The second-order valence-corrected chi connectivity index (χ2v) is 5.68. The van der Waals surface area contributed by atoms with Gasteiger partial charge < -0.3 is 10.0 Å². The van der Waals surface area contributed by atoms with Gasteiger partial charge in [0, 0.05) is 5.69 Å². The average Bonchev–Trinajstić information content (AvgIpc) is 2.83. The van der Waals surface area contributed by atoms with E-state index in [0.717, 1.165) is 12.1 Å². The van der Waals surface area contributed by atoms with Crippen LogP contribution in [-0.2, 0) is 16.1 Å². The Morgan fingerprint density at radius 1 is 1.20 bits per heavy atom. The van der Waals surface area contributed by atoms with Crippen molar-refractivity contribution in [3.8, 4) is 6.07 Å². The molecule has 0 bridgehead atoms. The molecule has 0 fully saturated rings. The van der Waals surface area contributed by atoms with Gasteiger partial charge in [-0.1, -0.05) is 12.1 Å². The number of amides is 1. The molecule has 7 heteroatoms. The van der Waals surface area contributed by atoms with Crippen LogP contribution in [-0.4, -0.2) is 17.0 Å². The van der Waals surface area contributed by atoms with Gasteiger partial charge in [0.2, 0.25) is 5.91 Å². The lowest BCUT2D eigenvalue weighted by Gasteiger charge is -2.18. The van der Waals surface area contributed by atoms with E-state index in [9.17, 15) is 23.5 Å². The number of benzene rings is 2. The highest BCUT2D eigenvalue weighted by Gasteiger charge is 2.45. The third-order valence-corrected chi connectivity index (χ3v) is 4.14. The van der Waals surface area contributed by atoms with Crippen molar-refractivity contribution in [1.82, 2.24) is 0 Å². The maximum Gasteiger partial charge on any atom is 0.322 e. The average molecular weight is 342 g/mol. The fraction of sp³-hybridized carbons (Fsp3) is 0.167. The number of nitrogens with zero attached hydrogens (tertiary/aromatic N) is 2. The van der Waals surface area contributed by atoms with Gasteiger partial charge in [-0.05, 0) is 41.5 Å². The van der Waals surface area contributed by atoms with E-state index >= 15 is 0 Å². The molecule has 1 heterocycles. The van der Waals surface area contributed by atoms with Gasteiger partial charge in [-0.25, -0.2) is 8.78 Å².